The summed E-state index contributed by atoms with van der Waals surface area (Å²) in [4.78, 5) is 10.7. The van der Waals surface area contributed by atoms with Crippen LogP contribution in [0.15, 0.2) is 11.2 Å². The second kappa shape index (κ2) is 5.89. The van der Waals surface area contributed by atoms with Crippen molar-refractivity contribution >= 4 is 29.2 Å². The van der Waals surface area contributed by atoms with Crippen LogP contribution in [-0.4, -0.2) is 40.5 Å². The molecule has 1 atom stereocenters. The topological polar surface area (TPSA) is 49.2 Å². The smallest absolute Gasteiger partial charge is 0.190 e. The summed E-state index contributed by atoms with van der Waals surface area (Å²) < 4.78 is 0. The van der Waals surface area contributed by atoms with Gasteiger partial charge in [0.15, 0.2) is 5.16 Å². The summed E-state index contributed by atoms with van der Waals surface area (Å²) in [6.45, 7) is 1.09. The van der Waals surface area contributed by atoms with E-state index in [-0.39, 0.29) is 12.6 Å². The molecular formula is C11H16ClN3OS. The van der Waals surface area contributed by atoms with Gasteiger partial charge in [0.05, 0.1) is 12.6 Å². The zero-order valence-electron chi connectivity index (χ0n) is 9.77. The minimum absolute atomic E-state index is 0.157. The number of hydrogen-bond donors (Lipinski definition) is 1. The van der Waals surface area contributed by atoms with Crippen LogP contribution in [0.2, 0.25) is 5.15 Å². The van der Waals surface area contributed by atoms with Gasteiger partial charge in [0.2, 0.25) is 0 Å². The number of aliphatic hydroxyl groups excluding tert-OH is 1. The molecular weight excluding hydrogens is 258 g/mol. The summed E-state index contributed by atoms with van der Waals surface area (Å²) in [6.07, 6.45) is 5.23. The Bertz CT molecular complexity index is 391. The van der Waals surface area contributed by atoms with Crippen LogP contribution in [-0.2, 0) is 0 Å². The van der Waals surface area contributed by atoms with Gasteiger partial charge in [-0.1, -0.05) is 23.4 Å². The number of nitrogens with zero attached hydrogens (tertiary/aromatic N) is 3. The molecule has 0 bridgehead atoms. The molecule has 1 aliphatic rings. The van der Waals surface area contributed by atoms with Crippen LogP contribution in [0, 0.1) is 0 Å². The minimum atomic E-state index is 0.157. The van der Waals surface area contributed by atoms with Crippen LogP contribution in [0.4, 0.5) is 5.82 Å². The van der Waals surface area contributed by atoms with E-state index in [0.717, 1.165) is 31.6 Å². The molecule has 6 heteroatoms. The first-order chi connectivity index (χ1) is 8.24. The van der Waals surface area contributed by atoms with Gasteiger partial charge in [-0.15, -0.1) is 0 Å². The highest BCUT2D eigenvalue weighted by Crippen LogP contribution is 2.26. The molecule has 0 radical (unpaired) electrons. The Morgan fingerprint density at radius 3 is 3.06 bits per heavy atom. The molecule has 94 valence electrons. The highest BCUT2D eigenvalue weighted by molar-refractivity contribution is 7.98. The number of hydrogen-bond acceptors (Lipinski definition) is 5. The van der Waals surface area contributed by atoms with E-state index in [4.69, 9.17) is 11.6 Å². The molecule has 1 saturated heterocycles. The number of piperidine rings is 1. The third kappa shape index (κ3) is 3.03. The lowest BCUT2D eigenvalue weighted by Crippen LogP contribution is -2.42. The van der Waals surface area contributed by atoms with Gasteiger partial charge in [-0.3, -0.25) is 0 Å². The largest absolute Gasteiger partial charge is 0.394 e. The monoisotopic (exact) mass is 273 g/mol. The van der Waals surface area contributed by atoms with Gasteiger partial charge in [0.1, 0.15) is 11.0 Å². The van der Waals surface area contributed by atoms with Crippen LogP contribution in [0.5, 0.6) is 0 Å². The summed E-state index contributed by atoms with van der Waals surface area (Å²) in [7, 11) is 0. The fraction of sp³-hybridized carbons (Fsp3) is 0.636. The standard InChI is InChI=1S/C11H16ClN3OS/c1-17-11-13-9(12)6-10(14-11)15-5-3-2-4-8(15)7-16/h6,8,16H,2-5,7H2,1H3/t8-/m1/s1. The van der Waals surface area contributed by atoms with Crippen molar-refractivity contribution in [3.63, 3.8) is 0 Å². The minimum Gasteiger partial charge on any atom is -0.394 e. The van der Waals surface area contributed by atoms with Crippen LogP contribution in [0.1, 0.15) is 19.3 Å². The number of halogens is 1. The van der Waals surface area contributed by atoms with E-state index in [9.17, 15) is 5.11 Å². The maximum Gasteiger partial charge on any atom is 0.190 e. The molecule has 1 N–H and O–H groups in total. The molecule has 1 fully saturated rings. The summed E-state index contributed by atoms with van der Waals surface area (Å²) in [5.74, 6) is 0.827. The van der Waals surface area contributed by atoms with Crippen molar-refractivity contribution in [2.24, 2.45) is 0 Å². The van der Waals surface area contributed by atoms with Gasteiger partial charge in [-0.25, -0.2) is 9.97 Å². The molecule has 0 saturated carbocycles. The lowest BCUT2D eigenvalue weighted by Gasteiger charge is -2.35. The highest BCUT2D eigenvalue weighted by Gasteiger charge is 2.23. The van der Waals surface area contributed by atoms with E-state index in [1.165, 1.54) is 11.8 Å². The van der Waals surface area contributed by atoms with Gasteiger partial charge in [0.25, 0.3) is 0 Å². The van der Waals surface area contributed by atoms with Gasteiger partial charge in [-0.05, 0) is 25.5 Å². The Hall–Kier alpha value is -0.520. The number of aliphatic hydroxyl groups is 1. The molecule has 17 heavy (non-hydrogen) atoms. The molecule has 0 aliphatic carbocycles. The fourth-order valence-electron chi connectivity index (χ4n) is 2.12. The van der Waals surface area contributed by atoms with Crippen molar-refractivity contribution in [3.05, 3.63) is 11.2 Å². The van der Waals surface area contributed by atoms with Crippen molar-refractivity contribution in [1.82, 2.24) is 9.97 Å². The quantitative estimate of drug-likeness (QED) is 0.520. The van der Waals surface area contributed by atoms with Crippen molar-refractivity contribution < 1.29 is 5.11 Å². The molecule has 0 spiro atoms. The fourth-order valence-corrected chi connectivity index (χ4v) is 2.72. The predicted molar refractivity (Wildman–Crippen MR) is 70.9 cm³/mol. The Morgan fingerprint density at radius 1 is 1.53 bits per heavy atom. The number of rotatable bonds is 3. The highest BCUT2D eigenvalue weighted by atomic mass is 35.5. The third-order valence-electron chi connectivity index (χ3n) is 2.98. The second-order valence-electron chi connectivity index (χ2n) is 4.06. The number of anilines is 1. The van der Waals surface area contributed by atoms with E-state index in [2.05, 4.69) is 14.9 Å². The van der Waals surface area contributed by atoms with E-state index in [0.29, 0.717) is 10.3 Å². The summed E-state index contributed by atoms with van der Waals surface area (Å²) >= 11 is 7.46. The first kappa shape index (κ1) is 12.9. The molecule has 0 amide bonds. The Balaban J connectivity index is 2.27. The molecule has 2 rings (SSSR count). The van der Waals surface area contributed by atoms with Gasteiger partial charge < -0.3 is 10.0 Å². The predicted octanol–water partition coefficient (Wildman–Crippen LogP) is 2.20. The van der Waals surface area contributed by atoms with Gasteiger partial charge in [-0.2, -0.15) is 0 Å². The van der Waals surface area contributed by atoms with Crippen molar-refractivity contribution in [1.29, 1.82) is 0 Å². The Labute approximate surface area is 110 Å². The number of aromatic nitrogens is 2. The van der Waals surface area contributed by atoms with Gasteiger partial charge in [0, 0.05) is 12.6 Å². The van der Waals surface area contributed by atoms with Crippen molar-refractivity contribution in [3.8, 4) is 0 Å². The van der Waals surface area contributed by atoms with E-state index < -0.39 is 0 Å². The molecule has 0 unspecified atom stereocenters. The van der Waals surface area contributed by atoms with Crippen LogP contribution >= 0.6 is 23.4 Å². The molecule has 1 aromatic rings. The summed E-state index contributed by atoms with van der Waals surface area (Å²) in [5.41, 5.74) is 0. The normalized spacial score (nSPS) is 20.6. The van der Waals surface area contributed by atoms with E-state index in [1.54, 1.807) is 6.07 Å². The van der Waals surface area contributed by atoms with Gasteiger partial charge >= 0.3 is 0 Å². The lowest BCUT2D eigenvalue weighted by atomic mass is 10.0. The molecule has 0 aromatic carbocycles. The Morgan fingerprint density at radius 2 is 2.35 bits per heavy atom. The first-order valence-electron chi connectivity index (χ1n) is 5.70. The first-order valence-corrected chi connectivity index (χ1v) is 7.31. The van der Waals surface area contributed by atoms with Crippen LogP contribution in [0.3, 0.4) is 0 Å². The molecule has 1 aliphatic heterocycles. The molecule has 2 heterocycles. The maximum atomic E-state index is 9.40. The average molecular weight is 274 g/mol. The van der Waals surface area contributed by atoms with E-state index in [1.807, 2.05) is 6.26 Å². The van der Waals surface area contributed by atoms with Crippen molar-refractivity contribution in [2.45, 2.75) is 30.5 Å². The van der Waals surface area contributed by atoms with Crippen LogP contribution in [0.25, 0.3) is 0 Å². The maximum absolute atomic E-state index is 9.40. The average Bonchev–Trinajstić information content (AvgIpc) is 2.37. The zero-order chi connectivity index (χ0) is 12.3. The lowest BCUT2D eigenvalue weighted by molar-refractivity contribution is 0.239. The summed E-state index contributed by atoms with van der Waals surface area (Å²) in [5, 5.41) is 10.5. The van der Waals surface area contributed by atoms with E-state index >= 15 is 0 Å². The summed E-state index contributed by atoms with van der Waals surface area (Å²) in [6, 6.07) is 1.93. The Kier molecular flexibility index (Phi) is 4.48. The van der Waals surface area contributed by atoms with Crippen molar-refractivity contribution in [2.75, 3.05) is 24.3 Å². The molecule has 1 aromatic heterocycles. The number of thioether (sulfide) groups is 1. The SMILES string of the molecule is CSc1nc(Cl)cc(N2CCCC[C@@H]2CO)n1. The third-order valence-corrected chi connectivity index (χ3v) is 3.72. The molecule has 4 nitrogen and oxygen atoms in total. The zero-order valence-corrected chi connectivity index (χ0v) is 11.3. The second-order valence-corrected chi connectivity index (χ2v) is 5.22. The van der Waals surface area contributed by atoms with Crippen LogP contribution < -0.4 is 4.90 Å².